The van der Waals surface area contributed by atoms with Crippen LogP contribution in [-0.2, 0) is 17.9 Å². The summed E-state index contributed by atoms with van der Waals surface area (Å²) in [6.45, 7) is 0.0214. The van der Waals surface area contributed by atoms with E-state index >= 15 is 0 Å². The zero-order valence-electron chi connectivity index (χ0n) is 13.2. The monoisotopic (exact) mass is 347 g/mol. The Morgan fingerprint density at radius 1 is 1.00 bits per heavy atom. The van der Waals surface area contributed by atoms with Gasteiger partial charge in [-0.3, -0.25) is 4.79 Å². The number of ether oxygens (including phenoxy) is 1. The van der Waals surface area contributed by atoms with Crippen molar-refractivity contribution in [1.29, 1.82) is 0 Å². The number of nitrogens with zero attached hydrogens (tertiary/aromatic N) is 1. The summed E-state index contributed by atoms with van der Waals surface area (Å²) >= 11 is 0. The molecule has 0 fully saturated rings. The van der Waals surface area contributed by atoms with Gasteiger partial charge in [-0.05, 0) is 36.4 Å². The number of rotatable bonds is 7. The first-order valence-corrected chi connectivity index (χ1v) is 7.52. The zero-order chi connectivity index (χ0) is 17.6. The smallest absolute Gasteiger partial charge is 0.261 e. The van der Waals surface area contributed by atoms with Gasteiger partial charge in [0.15, 0.2) is 18.2 Å². The van der Waals surface area contributed by atoms with E-state index in [1.807, 2.05) is 0 Å². The molecule has 0 atom stereocenters. The molecule has 5 nitrogen and oxygen atoms in total. The van der Waals surface area contributed by atoms with Crippen molar-refractivity contribution in [1.82, 2.24) is 4.90 Å². The largest absolute Gasteiger partial charge is 0.481 e. The average molecular weight is 347 g/mol. The number of carbonyl (C=O) groups is 1. The third kappa shape index (κ3) is 4.47. The molecule has 7 heteroatoms. The summed E-state index contributed by atoms with van der Waals surface area (Å²) in [6.07, 6.45) is 3.02. The topological polar surface area (TPSA) is 55.8 Å². The van der Waals surface area contributed by atoms with Crippen molar-refractivity contribution in [3.63, 3.8) is 0 Å². The maximum absolute atomic E-state index is 13.6. The average Bonchev–Trinajstić information content (AvgIpc) is 3.27. The molecule has 1 aromatic carbocycles. The summed E-state index contributed by atoms with van der Waals surface area (Å²) in [5.74, 6) is -0.979. The van der Waals surface area contributed by atoms with Gasteiger partial charge in [0.1, 0.15) is 17.3 Å². The van der Waals surface area contributed by atoms with Crippen LogP contribution in [0.1, 0.15) is 11.5 Å². The summed E-state index contributed by atoms with van der Waals surface area (Å²) < 4.78 is 42.2. The van der Waals surface area contributed by atoms with Crippen molar-refractivity contribution in [2.75, 3.05) is 6.61 Å². The Morgan fingerprint density at radius 2 is 1.64 bits per heavy atom. The molecule has 0 bridgehead atoms. The fraction of sp³-hybridized carbons (Fsp3) is 0.167. The first-order valence-electron chi connectivity index (χ1n) is 7.52. The summed E-state index contributed by atoms with van der Waals surface area (Å²) in [5, 5.41) is 0. The minimum Gasteiger partial charge on any atom is -0.481 e. The molecule has 0 spiro atoms. The van der Waals surface area contributed by atoms with Crippen molar-refractivity contribution in [3.05, 3.63) is 78.1 Å². The van der Waals surface area contributed by atoms with E-state index in [9.17, 15) is 13.6 Å². The van der Waals surface area contributed by atoms with E-state index in [0.29, 0.717) is 17.6 Å². The number of furan rings is 2. The van der Waals surface area contributed by atoms with Gasteiger partial charge in [0.25, 0.3) is 5.91 Å². The molecule has 0 N–H and O–H groups in total. The van der Waals surface area contributed by atoms with Gasteiger partial charge in [-0.2, -0.15) is 0 Å². The zero-order valence-corrected chi connectivity index (χ0v) is 13.2. The van der Waals surface area contributed by atoms with E-state index in [2.05, 4.69) is 0 Å². The van der Waals surface area contributed by atoms with Crippen LogP contribution in [0.15, 0.2) is 63.8 Å². The van der Waals surface area contributed by atoms with Crippen LogP contribution in [-0.4, -0.2) is 17.4 Å². The number of hydrogen-bond acceptors (Lipinski definition) is 4. The molecule has 0 aliphatic heterocycles. The highest BCUT2D eigenvalue weighted by atomic mass is 19.1. The van der Waals surface area contributed by atoms with E-state index in [1.165, 1.54) is 17.4 Å². The van der Waals surface area contributed by atoms with E-state index in [0.717, 1.165) is 12.1 Å². The molecule has 0 saturated carbocycles. The second-order valence-electron chi connectivity index (χ2n) is 5.27. The normalized spacial score (nSPS) is 10.6. The summed E-state index contributed by atoms with van der Waals surface area (Å²) in [5.41, 5.74) is 0. The lowest BCUT2D eigenvalue weighted by molar-refractivity contribution is -0.135. The first-order chi connectivity index (χ1) is 12.1. The molecule has 0 saturated heterocycles. The van der Waals surface area contributed by atoms with Crippen LogP contribution in [0.25, 0.3) is 0 Å². The van der Waals surface area contributed by atoms with Gasteiger partial charge in [-0.25, -0.2) is 8.78 Å². The van der Waals surface area contributed by atoms with Gasteiger partial charge in [-0.1, -0.05) is 0 Å². The molecule has 0 radical (unpaired) electrons. The molecule has 0 unspecified atom stereocenters. The third-order valence-corrected chi connectivity index (χ3v) is 3.45. The van der Waals surface area contributed by atoms with Gasteiger partial charge in [-0.15, -0.1) is 0 Å². The first kappa shape index (κ1) is 16.8. The lowest BCUT2D eigenvalue weighted by atomic mass is 10.3. The van der Waals surface area contributed by atoms with Crippen molar-refractivity contribution in [2.45, 2.75) is 13.1 Å². The van der Waals surface area contributed by atoms with E-state index in [4.69, 9.17) is 13.6 Å². The van der Waals surface area contributed by atoms with Crippen molar-refractivity contribution < 1.29 is 27.1 Å². The van der Waals surface area contributed by atoms with Gasteiger partial charge < -0.3 is 18.5 Å². The highest BCUT2D eigenvalue weighted by Gasteiger charge is 2.18. The Morgan fingerprint density at radius 3 is 2.16 bits per heavy atom. The van der Waals surface area contributed by atoms with Crippen LogP contribution < -0.4 is 4.74 Å². The van der Waals surface area contributed by atoms with Gasteiger partial charge >= 0.3 is 0 Å². The minimum absolute atomic E-state index is 0.189. The van der Waals surface area contributed by atoms with E-state index in [1.54, 1.807) is 24.3 Å². The minimum atomic E-state index is -0.864. The van der Waals surface area contributed by atoms with Crippen molar-refractivity contribution in [2.24, 2.45) is 0 Å². The molecule has 3 rings (SSSR count). The second kappa shape index (κ2) is 7.65. The number of benzene rings is 1. The highest BCUT2D eigenvalue weighted by molar-refractivity contribution is 5.77. The quantitative estimate of drug-likeness (QED) is 0.653. The van der Waals surface area contributed by atoms with E-state index < -0.39 is 24.1 Å². The third-order valence-electron chi connectivity index (χ3n) is 3.45. The predicted molar refractivity (Wildman–Crippen MR) is 83.5 cm³/mol. The number of carbonyl (C=O) groups excluding carboxylic acids is 1. The fourth-order valence-corrected chi connectivity index (χ4v) is 2.24. The Bertz CT molecular complexity index is 779. The van der Waals surface area contributed by atoms with Crippen LogP contribution in [0.2, 0.25) is 0 Å². The lowest BCUT2D eigenvalue weighted by Crippen LogP contribution is -2.34. The second-order valence-corrected chi connectivity index (χ2v) is 5.27. The van der Waals surface area contributed by atoms with Gasteiger partial charge in [0.2, 0.25) is 0 Å². The summed E-state index contributed by atoms with van der Waals surface area (Å²) in [4.78, 5) is 13.9. The van der Waals surface area contributed by atoms with Crippen molar-refractivity contribution in [3.8, 4) is 5.75 Å². The van der Waals surface area contributed by atoms with Crippen LogP contribution in [0.4, 0.5) is 8.78 Å². The van der Waals surface area contributed by atoms with E-state index in [-0.39, 0.29) is 18.8 Å². The SMILES string of the molecule is O=C(COc1ccc(F)cc1F)N(Cc1ccco1)Cc1ccco1. The van der Waals surface area contributed by atoms with Crippen LogP contribution >= 0.6 is 0 Å². The Balaban J connectivity index is 1.67. The summed E-state index contributed by atoms with van der Waals surface area (Å²) in [6, 6.07) is 9.81. The Hall–Kier alpha value is -3.09. The molecule has 0 aliphatic carbocycles. The molecule has 2 heterocycles. The molecule has 0 aliphatic rings. The van der Waals surface area contributed by atoms with Crippen LogP contribution in [0.5, 0.6) is 5.75 Å². The number of halogens is 2. The van der Waals surface area contributed by atoms with Crippen LogP contribution in [0, 0.1) is 11.6 Å². The predicted octanol–water partition coefficient (Wildman–Crippen LogP) is 3.76. The molecule has 130 valence electrons. The van der Waals surface area contributed by atoms with Crippen LogP contribution in [0.3, 0.4) is 0 Å². The Labute approximate surface area is 142 Å². The Kier molecular flexibility index (Phi) is 5.13. The molecular formula is C18H15F2NO4. The maximum Gasteiger partial charge on any atom is 0.261 e. The molecule has 2 aromatic heterocycles. The number of amides is 1. The molecule has 1 amide bonds. The van der Waals surface area contributed by atoms with Gasteiger partial charge in [0.05, 0.1) is 25.6 Å². The molecule has 25 heavy (non-hydrogen) atoms. The fourth-order valence-electron chi connectivity index (χ4n) is 2.24. The van der Waals surface area contributed by atoms with Crippen molar-refractivity contribution >= 4 is 5.91 Å². The maximum atomic E-state index is 13.6. The summed E-state index contributed by atoms with van der Waals surface area (Å²) in [7, 11) is 0. The molecular weight excluding hydrogens is 332 g/mol. The standard InChI is InChI=1S/C18H15F2NO4/c19-13-5-6-17(16(20)9-13)25-12-18(22)21(10-14-3-1-7-23-14)11-15-4-2-8-24-15/h1-9H,10-12H2. The van der Waals surface area contributed by atoms with Gasteiger partial charge in [0, 0.05) is 6.07 Å². The lowest BCUT2D eigenvalue weighted by Gasteiger charge is -2.20. The number of hydrogen-bond donors (Lipinski definition) is 0. The molecule has 3 aromatic rings. The highest BCUT2D eigenvalue weighted by Crippen LogP contribution is 2.18.